The Morgan fingerprint density at radius 2 is 1.67 bits per heavy atom. The number of hydrogen-bond donors (Lipinski definition) is 1. The van der Waals surface area contributed by atoms with Gasteiger partial charge in [-0.05, 0) is 92.3 Å². The van der Waals surface area contributed by atoms with E-state index in [2.05, 4.69) is 144 Å². The Kier molecular flexibility index (Phi) is 7.72. The molecule has 216 valence electrons. The van der Waals surface area contributed by atoms with Gasteiger partial charge in [-0.1, -0.05) is 71.6 Å². The molecule has 0 amide bonds. The van der Waals surface area contributed by atoms with E-state index in [4.69, 9.17) is 0 Å². The van der Waals surface area contributed by atoms with Crippen LogP contribution in [-0.4, -0.2) is 13.6 Å². The van der Waals surface area contributed by atoms with E-state index >= 15 is 0 Å². The number of aromatic nitrogens is 1. The van der Waals surface area contributed by atoms with Crippen LogP contribution in [0.1, 0.15) is 38.1 Å². The number of thioether (sulfide) groups is 1. The van der Waals surface area contributed by atoms with Crippen LogP contribution in [0.2, 0.25) is 0 Å². The van der Waals surface area contributed by atoms with Gasteiger partial charge in [-0.25, -0.2) is 0 Å². The molecule has 0 unspecified atom stereocenters. The van der Waals surface area contributed by atoms with E-state index in [1.54, 1.807) is 0 Å². The van der Waals surface area contributed by atoms with Gasteiger partial charge in [0, 0.05) is 30.6 Å². The first-order valence-corrected chi connectivity index (χ1v) is 16.9. The summed E-state index contributed by atoms with van der Waals surface area (Å²) in [7, 11) is 2.15. The number of hydrogen-bond acceptors (Lipinski definition) is 5. The summed E-state index contributed by atoms with van der Waals surface area (Å²) in [5.74, 6) is 1.12. The second kappa shape index (κ2) is 11.9. The highest BCUT2D eigenvalue weighted by Crippen LogP contribution is 2.46. The molecule has 3 heterocycles. The number of aryl methyl sites for hydroxylation is 1. The monoisotopic (exact) mass is 601 g/mol. The number of anilines is 3. The van der Waals surface area contributed by atoms with Crippen molar-refractivity contribution in [2.24, 2.45) is 0 Å². The van der Waals surface area contributed by atoms with Gasteiger partial charge in [-0.2, -0.15) is 4.57 Å². The lowest BCUT2D eigenvalue weighted by Crippen LogP contribution is -2.33. The summed E-state index contributed by atoms with van der Waals surface area (Å²) < 4.78 is 3.76. The van der Waals surface area contributed by atoms with Gasteiger partial charge in [0.05, 0.1) is 22.1 Å². The number of para-hydroxylation sites is 4. The van der Waals surface area contributed by atoms with Crippen LogP contribution in [0.4, 0.5) is 17.1 Å². The van der Waals surface area contributed by atoms with Crippen LogP contribution >= 0.6 is 23.1 Å². The van der Waals surface area contributed by atoms with Crippen molar-refractivity contribution >= 4 is 56.5 Å². The number of benzene rings is 3. The predicted octanol–water partition coefficient (Wildman–Crippen LogP) is 9.51. The molecule has 3 aliphatic rings. The minimum Gasteiger partial charge on any atom is -0.340 e. The molecule has 0 fully saturated rings. The van der Waals surface area contributed by atoms with Crippen LogP contribution < -0.4 is 19.7 Å². The number of rotatable bonds is 6. The van der Waals surface area contributed by atoms with Crippen molar-refractivity contribution in [2.45, 2.75) is 44.6 Å². The summed E-state index contributed by atoms with van der Waals surface area (Å²) in [4.78, 5) is 6.03. The predicted molar refractivity (Wildman–Crippen MR) is 186 cm³/mol. The maximum absolute atomic E-state index is 3.68. The average Bonchev–Trinajstić information content (AvgIpc) is 3.70. The largest absolute Gasteiger partial charge is 0.340 e. The number of allylic oxidation sites excluding steroid dienone is 7. The molecule has 7 rings (SSSR count). The number of thiazole rings is 1. The Morgan fingerprint density at radius 1 is 0.884 bits per heavy atom. The molecule has 43 heavy (non-hydrogen) atoms. The molecule has 1 aliphatic carbocycles. The minimum atomic E-state index is 0.958. The van der Waals surface area contributed by atoms with E-state index < -0.39 is 0 Å². The zero-order valence-corrected chi connectivity index (χ0v) is 26.6. The van der Waals surface area contributed by atoms with Crippen LogP contribution in [0.5, 0.6) is 0 Å². The Labute approximate surface area is 263 Å². The normalized spacial score (nSPS) is 19.4. The van der Waals surface area contributed by atoms with E-state index in [0.29, 0.717) is 0 Å². The third-order valence-corrected chi connectivity index (χ3v) is 10.8. The molecule has 0 saturated carbocycles. The maximum atomic E-state index is 3.68. The summed E-state index contributed by atoms with van der Waals surface area (Å²) in [6.07, 6.45) is 15.1. The molecule has 0 saturated heterocycles. The zero-order valence-electron chi connectivity index (χ0n) is 25.0. The molecular weight excluding hydrogens is 565 g/mol. The van der Waals surface area contributed by atoms with Gasteiger partial charge in [-0.3, -0.25) is 0 Å². The fourth-order valence-corrected chi connectivity index (χ4v) is 8.58. The molecule has 1 N–H and O–H groups in total. The third kappa shape index (κ3) is 5.23. The van der Waals surface area contributed by atoms with E-state index in [1.807, 2.05) is 23.1 Å². The van der Waals surface area contributed by atoms with Gasteiger partial charge in [-0.15, -0.1) is 0 Å². The molecule has 0 radical (unpaired) electrons. The van der Waals surface area contributed by atoms with Crippen LogP contribution in [0.3, 0.4) is 0 Å². The average molecular weight is 602 g/mol. The summed E-state index contributed by atoms with van der Waals surface area (Å²) in [5.41, 5.74) is 9.11. The van der Waals surface area contributed by atoms with Gasteiger partial charge >= 0.3 is 0 Å². The Hall–Kier alpha value is -4.00. The highest BCUT2D eigenvalue weighted by Gasteiger charge is 2.25. The van der Waals surface area contributed by atoms with Gasteiger partial charge in [0.25, 0.3) is 5.01 Å². The van der Waals surface area contributed by atoms with Crippen LogP contribution in [0.15, 0.2) is 130 Å². The molecule has 6 heteroatoms. The molecule has 1 aromatic heterocycles. The van der Waals surface area contributed by atoms with Crippen molar-refractivity contribution in [1.82, 2.24) is 0 Å². The van der Waals surface area contributed by atoms with Crippen molar-refractivity contribution in [3.8, 4) is 0 Å². The Morgan fingerprint density at radius 3 is 2.51 bits per heavy atom. The fourth-order valence-electron chi connectivity index (χ4n) is 6.32. The second-order valence-electron chi connectivity index (χ2n) is 11.0. The van der Waals surface area contributed by atoms with E-state index in [1.165, 1.54) is 53.2 Å². The second-order valence-corrected chi connectivity index (χ2v) is 13.1. The van der Waals surface area contributed by atoms with Crippen molar-refractivity contribution in [1.29, 1.82) is 0 Å². The summed E-state index contributed by atoms with van der Waals surface area (Å²) in [6.45, 7) is 6.39. The van der Waals surface area contributed by atoms with Gasteiger partial charge in [0.15, 0.2) is 0 Å². The van der Waals surface area contributed by atoms with E-state index in [-0.39, 0.29) is 0 Å². The van der Waals surface area contributed by atoms with Crippen LogP contribution in [0.25, 0.3) is 16.3 Å². The first-order valence-electron chi connectivity index (χ1n) is 15.2. The zero-order chi connectivity index (χ0) is 29.3. The molecule has 3 aromatic carbocycles. The van der Waals surface area contributed by atoms with Crippen molar-refractivity contribution in [2.75, 3.05) is 28.7 Å². The first kappa shape index (κ1) is 27.8. The molecule has 4 nitrogen and oxygen atoms in total. The van der Waals surface area contributed by atoms with Gasteiger partial charge < -0.3 is 15.1 Å². The molecule has 0 atom stereocenters. The number of nitrogens with one attached hydrogen (secondary N) is 1. The van der Waals surface area contributed by atoms with Gasteiger partial charge in [0.2, 0.25) is 5.52 Å². The van der Waals surface area contributed by atoms with Crippen LogP contribution in [-0.2, 0) is 6.54 Å². The minimum absolute atomic E-state index is 0.958. The number of nitrogens with zero attached hydrogens (tertiary/aromatic N) is 3. The molecule has 0 bridgehead atoms. The smallest absolute Gasteiger partial charge is 0.262 e. The van der Waals surface area contributed by atoms with Gasteiger partial charge in [0.1, 0.15) is 17.1 Å². The van der Waals surface area contributed by atoms with E-state index in [0.717, 1.165) is 43.9 Å². The number of fused-ring (bicyclic) bond motifs is 3. The van der Waals surface area contributed by atoms with Crippen molar-refractivity contribution < 1.29 is 4.57 Å². The highest BCUT2D eigenvalue weighted by molar-refractivity contribution is 8.03. The van der Waals surface area contributed by atoms with Crippen molar-refractivity contribution in [3.05, 3.63) is 130 Å². The Balaban J connectivity index is 1.30. The maximum Gasteiger partial charge on any atom is 0.262 e. The highest BCUT2D eigenvalue weighted by atomic mass is 32.2. The Bertz CT molecular complexity index is 1860. The SMILES string of the molecule is CCN1C(=CC=C2CCCC(C=Cc3sc4ccccc4[n+]3CC)=C2C=C2Nc3ccccc3N2C)Sc2ccccc21. The lowest BCUT2D eigenvalue weighted by atomic mass is 9.86. The lowest BCUT2D eigenvalue weighted by Gasteiger charge is -2.22. The third-order valence-electron chi connectivity index (χ3n) is 8.51. The first-order chi connectivity index (χ1) is 21.1. The molecule has 0 spiro atoms. The molecular formula is C37H37N4S2+. The summed E-state index contributed by atoms with van der Waals surface area (Å²) in [5, 5.41) is 6.27. The van der Waals surface area contributed by atoms with Crippen LogP contribution in [0, 0.1) is 0 Å². The lowest BCUT2D eigenvalue weighted by molar-refractivity contribution is -0.665. The molecule has 4 aromatic rings. The summed E-state index contributed by atoms with van der Waals surface area (Å²) >= 11 is 3.75. The molecule has 2 aliphatic heterocycles. The van der Waals surface area contributed by atoms with Crippen molar-refractivity contribution in [3.63, 3.8) is 0 Å². The fraction of sp³-hybridized carbons (Fsp3) is 0.216. The summed E-state index contributed by atoms with van der Waals surface area (Å²) in [6, 6.07) is 26.0. The standard InChI is InChI=1S/C37H36N4S2/c1-4-40-31-17-8-10-19-33(31)42-36(40)23-21-26-13-12-14-27(22-24-37-41(5-2)32-18-9-11-20-34(32)43-37)28(26)25-35-38-29-15-6-7-16-30(29)39(35)3/h6-11,15-25H,4-5,12-14H2,1-3H3/p+1. The van der Waals surface area contributed by atoms with E-state index in [9.17, 15) is 0 Å². The topological polar surface area (TPSA) is 22.4 Å². The quantitative estimate of drug-likeness (QED) is 0.222.